The summed E-state index contributed by atoms with van der Waals surface area (Å²) in [5.74, 6) is 0. The van der Waals surface area contributed by atoms with Gasteiger partial charge in [-0.3, -0.25) is 9.97 Å². The summed E-state index contributed by atoms with van der Waals surface area (Å²) >= 11 is 0. The number of allylic oxidation sites excluding steroid dienone is 2. The summed E-state index contributed by atoms with van der Waals surface area (Å²) in [6, 6.07) is 14.6. The fourth-order valence-electron chi connectivity index (χ4n) is 30.5. The highest BCUT2D eigenvalue weighted by atomic mass is 16.0. The second kappa shape index (κ2) is 9.27. The first-order chi connectivity index (χ1) is 46.1. The Hall–Kier alpha value is -11.1. The van der Waals surface area contributed by atoms with Gasteiger partial charge in [0.2, 0.25) is 0 Å². The Morgan fingerprint density at radius 3 is 0.495 bits per heavy atom. The van der Waals surface area contributed by atoms with Gasteiger partial charge in [-0.1, -0.05) is 65.8 Å². The summed E-state index contributed by atoms with van der Waals surface area (Å²) in [6.45, 7) is 14.4. The van der Waals surface area contributed by atoms with E-state index < -0.39 is 10.8 Å². The minimum Gasteiger partial charge on any atom is -0.412 e. The van der Waals surface area contributed by atoms with E-state index in [1.165, 1.54) is 33.9 Å². The van der Waals surface area contributed by atoms with Gasteiger partial charge < -0.3 is 5.48 Å². The van der Waals surface area contributed by atoms with Crippen molar-refractivity contribution in [3.8, 4) is 0 Å². The molecule has 0 saturated heterocycles. The number of fused-ring (bicyclic) bond motifs is 5. The van der Waals surface area contributed by atoms with Gasteiger partial charge in [-0.15, -0.1) is 0 Å². The Bertz CT molecular complexity index is 9520. The molecule has 2 N–H and O–H groups in total. The van der Waals surface area contributed by atoms with Crippen LogP contribution in [0.15, 0.2) is 48.6 Å². The summed E-state index contributed by atoms with van der Waals surface area (Å²) in [5.41, 5.74) is 8.96. The topological polar surface area (TPSA) is 57.3 Å². The Labute approximate surface area is 524 Å². The number of nitrogens with zero attached hydrogens (tertiary/aromatic N) is 2. The Morgan fingerprint density at radius 1 is 0.189 bits per heavy atom. The molecule has 0 amide bonds. The molecular formula is C92H28N2O. The van der Waals surface area contributed by atoms with Crippen molar-refractivity contribution in [1.82, 2.24) is 9.97 Å². The number of rotatable bonds is 2. The second-order valence-corrected chi connectivity index (χ2v) is 35.5. The molecule has 0 aliphatic heterocycles. The molecule has 3 aliphatic rings. The lowest BCUT2D eigenvalue weighted by Crippen LogP contribution is -2.44. The van der Waals surface area contributed by atoms with Crippen LogP contribution in [0.5, 0.6) is 0 Å². The molecule has 2 atom stereocenters. The van der Waals surface area contributed by atoms with Crippen LogP contribution < -0.4 is 0 Å². The molecular weight excluding hydrogens is 1150 g/mol. The maximum atomic E-state index is 6.36. The minimum absolute atomic E-state index is 0. The Balaban J connectivity index is 0.00000447. The molecule has 3 heteroatoms. The highest BCUT2D eigenvalue weighted by Gasteiger charge is 2.62. The van der Waals surface area contributed by atoms with Crippen LogP contribution in [0.25, 0.3) is 355 Å². The zero-order chi connectivity index (χ0) is 57.8. The van der Waals surface area contributed by atoms with Crippen molar-refractivity contribution in [2.75, 3.05) is 0 Å². The van der Waals surface area contributed by atoms with E-state index in [1.54, 1.807) is 367 Å². The third-order valence-electron chi connectivity index (χ3n) is 31.8. The Kier molecular flexibility index (Phi) is 3.85. The van der Waals surface area contributed by atoms with E-state index in [2.05, 4.69) is 90.1 Å². The molecule has 2 aromatic heterocycles. The zero-order valence-corrected chi connectivity index (χ0v) is 51.0. The normalized spacial score (nSPS) is 20.3. The molecule has 2 heterocycles. The third-order valence-corrected chi connectivity index (χ3v) is 31.8. The van der Waals surface area contributed by atoms with Gasteiger partial charge in [0, 0.05) is 27.6 Å². The molecule has 0 spiro atoms. The van der Waals surface area contributed by atoms with E-state index >= 15 is 0 Å². The van der Waals surface area contributed by atoms with E-state index in [0.29, 0.717) is 0 Å². The van der Waals surface area contributed by atoms with Crippen LogP contribution in [-0.4, -0.2) is 15.4 Å². The molecule has 0 unspecified atom stereocenters. The van der Waals surface area contributed by atoms with Gasteiger partial charge in [0.05, 0.1) is 22.2 Å². The van der Waals surface area contributed by atoms with Gasteiger partial charge in [-0.2, -0.15) is 0 Å². The molecule has 412 valence electrons. The van der Waals surface area contributed by atoms with Crippen LogP contribution in [0.1, 0.15) is 86.6 Å². The van der Waals surface area contributed by atoms with Crippen molar-refractivity contribution in [1.29, 1.82) is 0 Å². The van der Waals surface area contributed by atoms with Crippen molar-refractivity contribution in [3.05, 3.63) is 93.6 Å². The largest absolute Gasteiger partial charge is 0.412 e. The van der Waals surface area contributed by atoms with Gasteiger partial charge in [0.1, 0.15) is 0 Å². The van der Waals surface area contributed by atoms with Crippen LogP contribution in [-0.2, 0) is 21.7 Å². The smallest absolute Gasteiger partial charge is 0.0827 e. The van der Waals surface area contributed by atoms with Crippen LogP contribution in [0.4, 0.5) is 0 Å². The number of benzene rings is 24. The SMILES string of the molecule is CC(C)(C)c1cccc([C@@]23C=C[C@@]4(c5cccc(C(C)(C)C)n5)c5c6c7c2c2c8c9c3c4c3c4c5c5c%10c6c6c7c7c2c2c%11c8c8c%12c9c3c3c9c4c4c5c5c%10c%10c6c6c7c2c2c7c%11c%11c8c8c%12c3c3c9c9c4c4c5c5c%10c6c2c2c5c5c4c9c4c3c8c3c%11c7c2c5c34)n1.O. The molecule has 36 aromatic rings. The predicted octanol–water partition coefficient (Wildman–Crippen LogP) is 24.1. The van der Waals surface area contributed by atoms with E-state index in [1.807, 2.05) is 0 Å². The fourth-order valence-corrected chi connectivity index (χ4v) is 30.5. The number of hydrogen-bond donors (Lipinski definition) is 0. The van der Waals surface area contributed by atoms with Gasteiger partial charge in [-0.25, -0.2) is 0 Å². The standard InChI is InChI=1S/C92H26N2.H2O/c1-89(2,3)15-9-7-11-17(93-15)91-13-14-92(18-12-8-10-16(94-18)90(4,5)6)86-80-72-63-54-42-34-24-22-19-20-25-29-27-21(19)23(24)33-35-36(34)50-55-49(35)56-53-41(33)37(27)45-39(29)47-43-31(25)32-26(20)30-28(22)38(42)46-40(30)48-44(32)52-51(43)64-60(47)66-58(45)62(53)71-68(56)73-70(55)74(69(72)57(50)54)84(86)83(73)85(91)79(71)77(66)81-75(64)76-65(52)61(48)67(59(46)63)78(80)82(76)88(92)87(81)91;/h7-14H,1-6H3;1H2/t91-,92+;. The lowest BCUT2D eigenvalue weighted by molar-refractivity contribution is 0.553. The fraction of sp³-hybridized carbons (Fsp3) is 0.109. The quantitative estimate of drug-likeness (QED) is 0.0984. The summed E-state index contributed by atoms with van der Waals surface area (Å²) in [5, 5.41) is 106. The number of hydrogen-bond acceptors (Lipinski definition) is 2. The van der Waals surface area contributed by atoms with Crippen LogP contribution in [0.2, 0.25) is 0 Å². The molecule has 0 fully saturated rings. The highest BCUT2D eigenvalue weighted by molar-refractivity contribution is 6.84. The summed E-state index contributed by atoms with van der Waals surface area (Å²) in [4.78, 5) is 12.7. The monoisotopic (exact) mass is 1180 g/mol. The molecule has 34 aromatic carbocycles. The minimum atomic E-state index is -0.776. The predicted molar refractivity (Wildman–Crippen MR) is 403 cm³/mol. The Morgan fingerprint density at radius 2 is 0.326 bits per heavy atom. The first-order valence-corrected chi connectivity index (χ1v) is 35.0. The van der Waals surface area contributed by atoms with Crippen molar-refractivity contribution in [3.63, 3.8) is 0 Å². The summed E-state index contributed by atoms with van der Waals surface area (Å²) < 4.78 is 0. The molecule has 0 saturated carbocycles. The highest BCUT2D eigenvalue weighted by Crippen LogP contribution is 2.83. The first kappa shape index (κ1) is 39.4. The lowest BCUT2D eigenvalue weighted by Gasteiger charge is -2.51. The van der Waals surface area contributed by atoms with Crippen LogP contribution in [0, 0.1) is 0 Å². The number of aromatic nitrogens is 2. The van der Waals surface area contributed by atoms with Crippen molar-refractivity contribution in [2.24, 2.45) is 0 Å². The average molecular weight is 1180 g/mol. The average Bonchev–Trinajstić information content (AvgIpc) is 1.42. The van der Waals surface area contributed by atoms with Crippen molar-refractivity contribution < 1.29 is 5.48 Å². The number of pyridine rings is 2. The van der Waals surface area contributed by atoms with E-state index in [0.717, 1.165) is 0 Å². The van der Waals surface area contributed by atoms with Gasteiger partial charge in [-0.05, 0) is 397 Å². The maximum absolute atomic E-state index is 6.36. The molecule has 3 nitrogen and oxygen atoms in total. The second-order valence-electron chi connectivity index (χ2n) is 35.5. The van der Waals surface area contributed by atoms with E-state index in [9.17, 15) is 0 Å². The molecule has 0 radical (unpaired) electrons. The van der Waals surface area contributed by atoms with E-state index in [4.69, 9.17) is 9.97 Å². The molecule has 95 heavy (non-hydrogen) atoms. The molecule has 0 bridgehead atoms. The molecule has 39 rings (SSSR count). The van der Waals surface area contributed by atoms with Crippen molar-refractivity contribution >= 4 is 355 Å². The van der Waals surface area contributed by atoms with Crippen molar-refractivity contribution in [2.45, 2.75) is 63.2 Å². The summed E-state index contributed by atoms with van der Waals surface area (Å²) in [7, 11) is 0. The molecule has 3 aliphatic carbocycles. The van der Waals surface area contributed by atoms with Gasteiger partial charge in [0.15, 0.2) is 0 Å². The third kappa shape index (κ3) is 2.40. The van der Waals surface area contributed by atoms with Crippen LogP contribution in [0.3, 0.4) is 0 Å². The first-order valence-electron chi connectivity index (χ1n) is 35.0. The lowest BCUT2D eigenvalue weighted by atomic mass is 9.50. The van der Waals surface area contributed by atoms with Gasteiger partial charge in [0.25, 0.3) is 0 Å². The van der Waals surface area contributed by atoms with Crippen LogP contribution >= 0.6 is 0 Å². The zero-order valence-electron chi connectivity index (χ0n) is 51.0. The summed E-state index contributed by atoms with van der Waals surface area (Å²) in [6.07, 6.45) is 5.71. The van der Waals surface area contributed by atoms with Gasteiger partial charge >= 0.3 is 0 Å². The maximum Gasteiger partial charge on any atom is 0.0827 e. The van der Waals surface area contributed by atoms with E-state index in [-0.39, 0.29) is 16.3 Å².